The molecule has 3 aromatic rings. The predicted molar refractivity (Wildman–Crippen MR) is 133 cm³/mol. The number of hydrogen-bond donors (Lipinski definition) is 2. The number of rotatable bonds is 5. The van der Waals surface area contributed by atoms with Gasteiger partial charge in [0.2, 0.25) is 5.95 Å². The highest BCUT2D eigenvalue weighted by Crippen LogP contribution is 2.43. The molecule has 2 aliphatic heterocycles. The Labute approximate surface area is 203 Å². The molecule has 1 aromatic carbocycles. The Morgan fingerprint density at radius 3 is 2.67 bits per heavy atom. The highest BCUT2D eigenvalue weighted by molar-refractivity contribution is 6.34. The summed E-state index contributed by atoms with van der Waals surface area (Å²) in [5.74, 6) is 0.427. The molecule has 0 saturated carbocycles. The number of halogens is 2. The van der Waals surface area contributed by atoms with Gasteiger partial charge in [-0.15, -0.1) is 0 Å². The molecule has 1 spiro atoms. The summed E-state index contributed by atoms with van der Waals surface area (Å²) >= 11 is 13.1. The third-order valence-electron chi connectivity index (χ3n) is 6.61. The Balaban J connectivity index is 1.39. The van der Waals surface area contributed by atoms with Crippen LogP contribution in [0.15, 0.2) is 24.5 Å². The lowest BCUT2D eigenvalue weighted by Crippen LogP contribution is -2.29. The fourth-order valence-electron chi connectivity index (χ4n) is 5.03. The van der Waals surface area contributed by atoms with E-state index in [0.717, 1.165) is 47.8 Å². The van der Waals surface area contributed by atoms with Crippen LogP contribution in [-0.4, -0.2) is 68.6 Å². The summed E-state index contributed by atoms with van der Waals surface area (Å²) in [5, 5.41) is 19.5. The number of likely N-dealkylation sites (tertiary alicyclic amines) is 1. The summed E-state index contributed by atoms with van der Waals surface area (Å²) in [6, 6.07) is 4.00. The lowest BCUT2D eigenvalue weighted by atomic mass is 9.86. The van der Waals surface area contributed by atoms with Crippen LogP contribution < -0.4 is 10.2 Å². The molecule has 0 aliphatic carbocycles. The van der Waals surface area contributed by atoms with Crippen molar-refractivity contribution in [2.45, 2.75) is 38.8 Å². The maximum absolute atomic E-state index is 10.0. The average molecular weight is 490 g/mol. The highest BCUT2D eigenvalue weighted by Gasteiger charge is 2.42. The van der Waals surface area contributed by atoms with Gasteiger partial charge in [0.1, 0.15) is 0 Å². The van der Waals surface area contributed by atoms with Crippen molar-refractivity contribution in [3.63, 3.8) is 0 Å². The summed E-state index contributed by atoms with van der Waals surface area (Å²) in [7, 11) is 2.20. The summed E-state index contributed by atoms with van der Waals surface area (Å²) in [6.45, 7) is 8.03. The Hall–Kier alpha value is -2.13. The normalized spacial score (nSPS) is 21.6. The minimum atomic E-state index is -0.926. The lowest BCUT2D eigenvalue weighted by Gasteiger charge is -2.25. The second-order valence-corrected chi connectivity index (χ2v) is 10.9. The van der Waals surface area contributed by atoms with E-state index in [2.05, 4.69) is 38.3 Å². The molecular formula is C23H29Cl2N7O. The lowest BCUT2D eigenvalue weighted by molar-refractivity contribution is 0.0578. The van der Waals surface area contributed by atoms with Gasteiger partial charge in [-0.25, -0.2) is 14.6 Å². The number of nitrogens with zero attached hydrogens (tertiary/aromatic N) is 6. The number of aliphatic hydroxyl groups is 1. The third-order valence-corrected chi connectivity index (χ3v) is 7.32. The van der Waals surface area contributed by atoms with Gasteiger partial charge in [-0.3, -0.25) is 0 Å². The molecule has 2 N–H and O–H groups in total. The second-order valence-electron chi connectivity index (χ2n) is 10.2. The van der Waals surface area contributed by atoms with Crippen LogP contribution in [0.25, 0.3) is 10.9 Å². The van der Waals surface area contributed by atoms with Gasteiger partial charge >= 0.3 is 0 Å². The van der Waals surface area contributed by atoms with Gasteiger partial charge < -0.3 is 20.2 Å². The number of fused-ring (bicyclic) bond motifs is 1. The van der Waals surface area contributed by atoms with E-state index in [1.165, 1.54) is 12.8 Å². The second kappa shape index (κ2) is 8.27. The standard InChI is InChI=1S/C23H29Cl2N7O/c1-22(2,33)12-32-20(25)18(11-27-32)29-21-26-10-15-8-16(24)19(9-17(15)28-21)31-7-5-23(14-31)4-6-30(3)13-23/h8-11,33H,4-7,12-14H2,1-3H3,(H,26,28,29). The average Bonchev–Trinajstić information content (AvgIpc) is 3.42. The zero-order valence-electron chi connectivity index (χ0n) is 19.1. The van der Waals surface area contributed by atoms with E-state index in [1.807, 2.05) is 6.07 Å². The van der Waals surface area contributed by atoms with Crippen LogP contribution in [0.1, 0.15) is 26.7 Å². The van der Waals surface area contributed by atoms with Crippen LogP contribution in [0.2, 0.25) is 10.2 Å². The summed E-state index contributed by atoms with van der Waals surface area (Å²) in [6.07, 6.45) is 5.79. The zero-order valence-corrected chi connectivity index (χ0v) is 20.7. The molecule has 8 nitrogen and oxygen atoms in total. The first-order valence-electron chi connectivity index (χ1n) is 11.2. The molecule has 2 aliphatic rings. The Bertz CT molecular complexity index is 1190. The first kappa shape index (κ1) is 22.7. The van der Waals surface area contributed by atoms with Crippen molar-refractivity contribution in [2.24, 2.45) is 5.41 Å². The van der Waals surface area contributed by atoms with Crippen LogP contribution in [0.5, 0.6) is 0 Å². The number of anilines is 3. The van der Waals surface area contributed by atoms with Gasteiger partial charge in [-0.1, -0.05) is 23.2 Å². The summed E-state index contributed by atoms with van der Waals surface area (Å²) in [4.78, 5) is 13.9. The molecule has 0 bridgehead atoms. The molecule has 0 amide bonds. The van der Waals surface area contributed by atoms with Crippen molar-refractivity contribution in [1.29, 1.82) is 0 Å². The van der Waals surface area contributed by atoms with Crippen LogP contribution in [0.4, 0.5) is 17.3 Å². The SMILES string of the molecule is CN1CCC2(CCN(c3cc4nc(Nc5cnn(CC(C)(C)O)c5Cl)ncc4cc3Cl)C2)C1. The third kappa shape index (κ3) is 4.62. The van der Waals surface area contributed by atoms with Crippen molar-refractivity contribution in [1.82, 2.24) is 24.6 Å². The van der Waals surface area contributed by atoms with Crippen molar-refractivity contribution < 1.29 is 5.11 Å². The van der Waals surface area contributed by atoms with E-state index in [4.69, 9.17) is 28.2 Å². The van der Waals surface area contributed by atoms with Gasteiger partial charge in [-0.05, 0) is 52.4 Å². The highest BCUT2D eigenvalue weighted by atomic mass is 35.5. The largest absolute Gasteiger partial charge is 0.389 e. The first-order valence-corrected chi connectivity index (χ1v) is 12.0. The molecule has 2 fully saturated rings. The molecule has 2 aromatic heterocycles. The van der Waals surface area contributed by atoms with E-state index in [-0.39, 0.29) is 6.54 Å². The molecule has 4 heterocycles. The molecule has 10 heteroatoms. The first-order chi connectivity index (χ1) is 15.6. The number of benzene rings is 1. The smallest absolute Gasteiger partial charge is 0.227 e. The molecule has 176 valence electrons. The van der Waals surface area contributed by atoms with Gasteiger partial charge in [0.15, 0.2) is 5.15 Å². The molecule has 0 radical (unpaired) electrons. The number of hydrogen-bond acceptors (Lipinski definition) is 7. The van der Waals surface area contributed by atoms with E-state index in [0.29, 0.717) is 22.2 Å². The minimum Gasteiger partial charge on any atom is -0.389 e. The van der Waals surface area contributed by atoms with E-state index in [9.17, 15) is 5.11 Å². The Kier molecular flexibility index (Phi) is 5.68. The van der Waals surface area contributed by atoms with Gasteiger partial charge in [0, 0.05) is 36.6 Å². The Morgan fingerprint density at radius 2 is 1.94 bits per heavy atom. The van der Waals surface area contributed by atoms with Crippen molar-refractivity contribution >= 4 is 51.4 Å². The number of nitrogens with one attached hydrogen (secondary N) is 1. The predicted octanol–water partition coefficient (Wildman–Crippen LogP) is 4.18. The maximum atomic E-state index is 10.0. The van der Waals surface area contributed by atoms with Crippen LogP contribution in [0, 0.1) is 5.41 Å². The van der Waals surface area contributed by atoms with E-state index >= 15 is 0 Å². The van der Waals surface area contributed by atoms with Gasteiger partial charge in [0.05, 0.1) is 40.3 Å². The van der Waals surface area contributed by atoms with Gasteiger partial charge in [0.25, 0.3) is 0 Å². The van der Waals surface area contributed by atoms with Crippen molar-refractivity contribution in [2.75, 3.05) is 43.4 Å². The van der Waals surface area contributed by atoms with E-state index < -0.39 is 5.60 Å². The molecule has 1 atom stereocenters. The quantitative estimate of drug-likeness (QED) is 0.555. The van der Waals surface area contributed by atoms with Crippen molar-refractivity contribution in [3.8, 4) is 0 Å². The van der Waals surface area contributed by atoms with Gasteiger partial charge in [-0.2, -0.15) is 5.10 Å². The monoisotopic (exact) mass is 489 g/mol. The van der Waals surface area contributed by atoms with Crippen LogP contribution in [-0.2, 0) is 6.54 Å². The fourth-order valence-corrected chi connectivity index (χ4v) is 5.52. The fraction of sp³-hybridized carbons (Fsp3) is 0.522. The summed E-state index contributed by atoms with van der Waals surface area (Å²) in [5.41, 5.74) is 1.87. The number of aromatic nitrogens is 4. The molecule has 33 heavy (non-hydrogen) atoms. The molecule has 1 unspecified atom stereocenters. The molecule has 5 rings (SSSR count). The molecule has 2 saturated heterocycles. The maximum Gasteiger partial charge on any atom is 0.227 e. The topological polar surface area (TPSA) is 82.3 Å². The van der Waals surface area contributed by atoms with Crippen LogP contribution >= 0.6 is 23.2 Å². The zero-order chi connectivity index (χ0) is 23.4. The van der Waals surface area contributed by atoms with Crippen molar-refractivity contribution in [3.05, 3.63) is 34.7 Å². The Morgan fingerprint density at radius 1 is 1.15 bits per heavy atom. The van der Waals surface area contributed by atoms with Crippen LogP contribution in [0.3, 0.4) is 0 Å². The summed E-state index contributed by atoms with van der Waals surface area (Å²) < 4.78 is 1.55. The van der Waals surface area contributed by atoms with E-state index in [1.54, 1.807) is 30.9 Å². The minimum absolute atomic E-state index is 0.279. The molecular weight excluding hydrogens is 461 g/mol.